The second kappa shape index (κ2) is 6.99. The van der Waals surface area contributed by atoms with Crippen molar-refractivity contribution in [3.05, 3.63) is 59.9 Å². The Morgan fingerprint density at radius 2 is 1.95 bits per heavy atom. The summed E-state index contributed by atoms with van der Waals surface area (Å²) in [5, 5.41) is 11.3. The van der Waals surface area contributed by atoms with Crippen LogP contribution in [0.4, 0.5) is 5.69 Å². The predicted octanol–water partition coefficient (Wildman–Crippen LogP) is 2.14. The van der Waals surface area contributed by atoms with Crippen molar-refractivity contribution in [2.24, 2.45) is 0 Å². The van der Waals surface area contributed by atoms with Crippen LogP contribution in [0.15, 0.2) is 48.7 Å². The molecule has 6 nitrogen and oxygen atoms in total. The number of rotatable bonds is 4. The maximum Gasteiger partial charge on any atom is 0.357 e. The molecule has 0 unspecified atom stereocenters. The Labute approximate surface area is 127 Å². The predicted molar refractivity (Wildman–Crippen MR) is 78.9 cm³/mol. The maximum atomic E-state index is 12.0. The zero-order valence-electron chi connectivity index (χ0n) is 11.8. The van der Waals surface area contributed by atoms with Crippen molar-refractivity contribution in [1.82, 2.24) is 4.98 Å². The molecule has 0 bridgehead atoms. The SMILES string of the molecule is C[C@@H](OC(=O)c1ccccn1)C(=O)Nc1ccc(C#N)cc1. The van der Waals surface area contributed by atoms with E-state index in [1.54, 1.807) is 36.4 Å². The number of nitrogens with zero attached hydrogens (tertiary/aromatic N) is 2. The van der Waals surface area contributed by atoms with E-state index in [0.717, 1.165) is 0 Å². The molecule has 110 valence electrons. The quantitative estimate of drug-likeness (QED) is 0.872. The highest BCUT2D eigenvalue weighted by Gasteiger charge is 2.19. The molecule has 2 rings (SSSR count). The maximum absolute atomic E-state index is 12.0. The topological polar surface area (TPSA) is 92.1 Å². The van der Waals surface area contributed by atoms with Gasteiger partial charge in [0, 0.05) is 11.9 Å². The Morgan fingerprint density at radius 1 is 1.23 bits per heavy atom. The highest BCUT2D eigenvalue weighted by atomic mass is 16.5. The van der Waals surface area contributed by atoms with Crippen LogP contribution in [-0.2, 0) is 9.53 Å². The van der Waals surface area contributed by atoms with E-state index in [1.807, 2.05) is 6.07 Å². The van der Waals surface area contributed by atoms with Crippen molar-refractivity contribution in [1.29, 1.82) is 5.26 Å². The summed E-state index contributed by atoms with van der Waals surface area (Å²) in [6.45, 7) is 1.47. The third-order valence-corrected chi connectivity index (χ3v) is 2.81. The van der Waals surface area contributed by atoms with Crippen LogP contribution in [0, 0.1) is 11.3 Å². The van der Waals surface area contributed by atoms with E-state index in [1.165, 1.54) is 19.2 Å². The van der Waals surface area contributed by atoms with E-state index in [2.05, 4.69) is 10.3 Å². The number of nitriles is 1. The number of aromatic nitrogens is 1. The number of hydrogen-bond donors (Lipinski definition) is 1. The molecule has 22 heavy (non-hydrogen) atoms. The Morgan fingerprint density at radius 3 is 2.55 bits per heavy atom. The first-order valence-electron chi connectivity index (χ1n) is 6.53. The molecule has 0 aliphatic rings. The third-order valence-electron chi connectivity index (χ3n) is 2.81. The largest absolute Gasteiger partial charge is 0.448 e. The highest BCUT2D eigenvalue weighted by Crippen LogP contribution is 2.10. The molecule has 1 aromatic heterocycles. The van der Waals surface area contributed by atoms with Crippen LogP contribution < -0.4 is 5.32 Å². The van der Waals surface area contributed by atoms with Gasteiger partial charge in [0.2, 0.25) is 0 Å². The van der Waals surface area contributed by atoms with Gasteiger partial charge in [-0.2, -0.15) is 5.26 Å². The number of carbonyl (C=O) groups is 2. The van der Waals surface area contributed by atoms with Gasteiger partial charge in [0.1, 0.15) is 5.69 Å². The number of pyridine rings is 1. The minimum absolute atomic E-state index is 0.139. The summed E-state index contributed by atoms with van der Waals surface area (Å²) in [6, 6.07) is 13.2. The van der Waals surface area contributed by atoms with Crippen LogP contribution in [0.2, 0.25) is 0 Å². The summed E-state index contributed by atoms with van der Waals surface area (Å²) in [5.74, 6) is -1.13. The van der Waals surface area contributed by atoms with E-state index in [-0.39, 0.29) is 5.69 Å². The van der Waals surface area contributed by atoms with E-state index in [4.69, 9.17) is 10.00 Å². The zero-order valence-corrected chi connectivity index (χ0v) is 11.8. The van der Waals surface area contributed by atoms with Crippen molar-refractivity contribution in [2.75, 3.05) is 5.32 Å². The van der Waals surface area contributed by atoms with Gasteiger partial charge in [-0.1, -0.05) is 6.07 Å². The van der Waals surface area contributed by atoms with Gasteiger partial charge >= 0.3 is 5.97 Å². The molecule has 2 aromatic rings. The van der Waals surface area contributed by atoms with Crippen LogP contribution in [0.3, 0.4) is 0 Å². The smallest absolute Gasteiger partial charge is 0.357 e. The number of nitrogens with one attached hydrogen (secondary N) is 1. The minimum Gasteiger partial charge on any atom is -0.448 e. The number of anilines is 1. The average Bonchev–Trinajstić information content (AvgIpc) is 2.56. The molecule has 6 heteroatoms. The molecule has 1 N–H and O–H groups in total. The average molecular weight is 295 g/mol. The molecule has 0 fully saturated rings. The summed E-state index contributed by atoms with van der Waals surface area (Å²) in [7, 11) is 0. The van der Waals surface area contributed by atoms with Crippen LogP contribution in [0.25, 0.3) is 0 Å². The molecule has 0 aliphatic heterocycles. The Balaban J connectivity index is 1.94. The van der Waals surface area contributed by atoms with Gasteiger partial charge in [0.25, 0.3) is 5.91 Å². The van der Waals surface area contributed by atoms with Crippen molar-refractivity contribution in [3.63, 3.8) is 0 Å². The molecule has 0 aliphatic carbocycles. The number of carbonyl (C=O) groups excluding carboxylic acids is 2. The monoisotopic (exact) mass is 295 g/mol. The van der Waals surface area contributed by atoms with E-state index >= 15 is 0 Å². The fourth-order valence-corrected chi connectivity index (χ4v) is 1.63. The first kappa shape index (κ1) is 15.2. The number of ether oxygens (including phenoxy) is 1. The fraction of sp³-hybridized carbons (Fsp3) is 0.125. The molecule has 1 atom stereocenters. The van der Waals surface area contributed by atoms with Crippen LogP contribution in [0.1, 0.15) is 23.0 Å². The number of benzene rings is 1. The third kappa shape index (κ3) is 3.90. The molecule has 0 saturated carbocycles. The van der Waals surface area contributed by atoms with E-state index in [0.29, 0.717) is 11.3 Å². The Bertz CT molecular complexity index is 706. The summed E-state index contributed by atoms with van der Waals surface area (Å²) < 4.78 is 5.05. The first-order chi connectivity index (χ1) is 10.6. The lowest BCUT2D eigenvalue weighted by molar-refractivity contribution is -0.123. The summed E-state index contributed by atoms with van der Waals surface area (Å²) in [4.78, 5) is 27.6. The number of hydrogen-bond acceptors (Lipinski definition) is 5. The van der Waals surface area contributed by atoms with Crippen molar-refractivity contribution in [3.8, 4) is 6.07 Å². The minimum atomic E-state index is -0.967. The highest BCUT2D eigenvalue weighted by molar-refractivity contribution is 5.96. The van der Waals surface area contributed by atoms with Gasteiger partial charge < -0.3 is 10.1 Å². The van der Waals surface area contributed by atoms with Crippen molar-refractivity contribution in [2.45, 2.75) is 13.0 Å². The molecule has 1 heterocycles. The van der Waals surface area contributed by atoms with Crippen LogP contribution in [0.5, 0.6) is 0 Å². The van der Waals surface area contributed by atoms with E-state index < -0.39 is 18.0 Å². The molecule has 0 radical (unpaired) electrons. The van der Waals surface area contributed by atoms with Gasteiger partial charge in [-0.05, 0) is 43.3 Å². The van der Waals surface area contributed by atoms with Gasteiger partial charge in [-0.15, -0.1) is 0 Å². The Hall–Kier alpha value is -3.20. The summed E-state index contributed by atoms with van der Waals surface area (Å²) >= 11 is 0. The lowest BCUT2D eigenvalue weighted by Crippen LogP contribution is -2.30. The van der Waals surface area contributed by atoms with Gasteiger partial charge in [0.05, 0.1) is 11.6 Å². The number of amides is 1. The van der Waals surface area contributed by atoms with Gasteiger partial charge in [0.15, 0.2) is 6.10 Å². The summed E-state index contributed by atoms with van der Waals surface area (Å²) in [6.07, 6.45) is 0.503. The normalized spacial score (nSPS) is 11.1. The molecular formula is C16H13N3O3. The number of esters is 1. The van der Waals surface area contributed by atoms with Crippen LogP contribution >= 0.6 is 0 Å². The second-order valence-electron chi connectivity index (χ2n) is 4.44. The molecule has 1 amide bonds. The standard InChI is InChI=1S/C16H13N3O3/c1-11(22-16(21)14-4-2-3-9-18-14)15(20)19-13-7-5-12(10-17)6-8-13/h2-9,11H,1H3,(H,19,20)/t11-/m1/s1. The summed E-state index contributed by atoms with van der Waals surface area (Å²) in [5.41, 5.74) is 1.15. The van der Waals surface area contributed by atoms with Crippen molar-refractivity contribution < 1.29 is 14.3 Å². The van der Waals surface area contributed by atoms with Gasteiger partial charge in [-0.25, -0.2) is 9.78 Å². The lowest BCUT2D eigenvalue weighted by atomic mass is 10.2. The molecule has 0 spiro atoms. The molecular weight excluding hydrogens is 282 g/mol. The zero-order chi connectivity index (χ0) is 15.9. The Kier molecular flexibility index (Phi) is 4.83. The molecule has 0 saturated heterocycles. The molecule has 1 aromatic carbocycles. The lowest BCUT2D eigenvalue weighted by Gasteiger charge is -2.13. The fourth-order valence-electron chi connectivity index (χ4n) is 1.63. The first-order valence-corrected chi connectivity index (χ1v) is 6.53. The van der Waals surface area contributed by atoms with E-state index in [9.17, 15) is 9.59 Å². The second-order valence-corrected chi connectivity index (χ2v) is 4.44. The van der Waals surface area contributed by atoms with Gasteiger partial charge in [-0.3, -0.25) is 4.79 Å². The van der Waals surface area contributed by atoms with Crippen LogP contribution in [-0.4, -0.2) is 23.0 Å². The van der Waals surface area contributed by atoms with Crippen molar-refractivity contribution >= 4 is 17.6 Å².